The molecular formula is C7H3BrF3N3. The molecule has 0 radical (unpaired) electrons. The van der Waals surface area contributed by atoms with Crippen molar-refractivity contribution in [1.29, 1.82) is 0 Å². The summed E-state index contributed by atoms with van der Waals surface area (Å²) in [5.74, 6) is 0.0756. The highest BCUT2D eigenvalue weighted by molar-refractivity contribution is 9.11. The van der Waals surface area contributed by atoms with Crippen LogP contribution in [-0.2, 0) is 0 Å². The molecule has 0 aromatic heterocycles. The summed E-state index contributed by atoms with van der Waals surface area (Å²) in [7, 11) is 0. The summed E-state index contributed by atoms with van der Waals surface area (Å²) in [6.07, 6.45) is -2.34. The number of amidine groups is 1. The average molecular weight is 266 g/mol. The van der Waals surface area contributed by atoms with Gasteiger partial charge in [0.2, 0.25) is 0 Å². The lowest BCUT2D eigenvalue weighted by molar-refractivity contribution is -0.0563. The predicted octanol–water partition coefficient (Wildman–Crippen LogP) is 2.09. The Kier molecular flexibility index (Phi) is 2.06. The van der Waals surface area contributed by atoms with Crippen LogP contribution >= 0.6 is 15.9 Å². The summed E-state index contributed by atoms with van der Waals surface area (Å²) < 4.78 is 37.2. The lowest BCUT2D eigenvalue weighted by atomic mass is 10.2. The zero-order valence-corrected chi connectivity index (χ0v) is 8.17. The van der Waals surface area contributed by atoms with Gasteiger partial charge in [0.25, 0.3) is 0 Å². The smallest absolute Gasteiger partial charge is 0.274 e. The van der Waals surface area contributed by atoms with Crippen LogP contribution in [0.3, 0.4) is 0 Å². The molecule has 0 aromatic rings. The first-order valence-electron chi connectivity index (χ1n) is 3.61. The van der Waals surface area contributed by atoms with Crippen molar-refractivity contribution in [2.24, 2.45) is 15.0 Å². The van der Waals surface area contributed by atoms with Gasteiger partial charge in [0.1, 0.15) is 6.04 Å². The van der Waals surface area contributed by atoms with Crippen molar-refractivity contribution in [1.82, 2.24) is 0 Å². The third-order valence-corrected chi connectivity index (χ3v) is 2.34. The van der Waals surface area contributed by atoms with Gasteiger partial charge >= 0.3 is 6.18 Å². The van der Waals surface area contributed by atoms with E-state index in [0.717, 1.165) is 6.21 Å². The zero-order valence-electron chi connectivity index (χ0n) is 6.59. The number of halogens is 4. The fourth-order valence-corrected chi connectivity index (χ4v) is 1.48. The molecule has 0 aliphatic carbocycles. The summed E-state index contributed by atoms with van der Waals surface area (Å²) in [4.78, 5) is 10.8. The largest absolute Gasteiger partial charge is 0.434 e. The predicted molar refractivity (Wildman–Crippen MR) is 50.2 cm³/mol. The summed E-state index contributed by atoms with van der Waals surface area (Å²) in [5.41, 5.74) is -1.01. The molecule has 0 bridgehead atoms. The molecule has 2 aliphatic rings. The van der Waals surface area contributed by atoms with Crippen LogP contribution in [0.1, 0.15) is 0 Å². The number of alkyl halides is 3. The minimum atomic E-state index is -4.47. The van der Waals surface area contributed by atoms with Crippen molar-refractivity contribution < 1.29 is 13.2 Å². The van der Waals surface area contributed by atoms with E-state index in [1.165, 1.54) is 6.20 Å². The molecule has 0 spiro atoms. The summed E-state index contributed by atoms with van der Waals surface area (Å²) in [5, 5.41) is 0. The fraction of sp³-hybridized carbons (Fsp3) is 0.286. The fourth-order valence-electron chi connectivity index (χ4n) is 1.05. The first-order chi connectivity index (χ1) is 6.48. The van der Waals surface area contributed by atoms with Crippen molar-refractivity contribution in [3.05, 3.63) is 10.7 Å². The van der Waals surface area contributed by atoms with E-state index in [9.17, 15) is 13.2 Å². The second kappa shape index (κ2) is 3.01. The Bertz CT molecular complexity index is 391. The second-order valence-electron chi connectivity index (χ2n) is 2.68. The van der Waals surface area contributed by atoms with Crippen molar-refractivity contribution in [2.45, 2.75) is 12.2 Å². The van der Waals surface area contributed by atoms with Gasteiger partial charge in [0, 0.05) is 10.7 Å². The monoisotopic (exact) mass is 265 g/mol. The molecule has 7 heteroatoms. The molecule has 0 N–H and O–H groups in total. The van der Waals surface area contributed by atoms with Crippen molar-refractivity contribution in [3.63, 3.8) is 0 Å². The van der Waals surface area contributed by atoms with Gasteiger partial charge in [-0.25, -0.2) is 9.98 Å². The maximum absolute atomic E-state index is 12.2. The molecule has 0 amide bonds. The highest BCUT2D eigenvalue weighted by atomic mass is 79.9. The van der Waals surface area contributed by atoms with Gasteiger partial charge in [0.05, 0.1) is 6.21 Å². The van der Waals surface area contributed by atoms with Crippen LogP contribution in [-0.4, -0.2) is 30.0 Å². The van der Waals surface area contributed by atoms with Gasteiger partial charge in [-0.1, -0.05) is 15.9 Å². The maximum Gasteiger partial charge on any atom is 0.434 e. The number of hydrogen-bond donors (Lipinski definition) is 0. The lowest BCUT2D eigenvalue weighted by Gasteiger charge is -2.14. The first-order valence-corrected chi connectivity index (χ1v) is 4.40. The molecule has 0 saturated carbocycles. The van der Waals surface area contributed by atoms with E-state index in [2.05, 4.69) is 30.9 Å². The molecule has 14 heavy (non-hydrogen) atoms. The summed E-state index contributed by atoms with van der Waals surface area (Å²) >= 11 is 3.13. The Morgan fingerprint density at radius 2 is 2.07 bits per heavy atom. The van der Waals surface area contributed by atoms with E-state index in [-0.39, 0.29) is 5.84 Å². The lowest BCUT2D eigenvalue weighted by Crippen LogP contribution is -2.31. The Morgan fingerprint density at radius 3 is 2.71 bits per heavy atom. The van der Waals surface area contributed by atoms with Gasteiger partial charge in [-0.05, 0) is 0 Å². The summed E-state index contributed by atoms with van der Waals surface area (Å²) in [6, 6.07) is -0.499. The van der Waals surface area contributed by atoms with E-state index >= 15 is 0 Å². The SMILES string of the molecule is FC(F)(F)C1=NC2=NC=C(Br)C2N=C1. The van der Waals surface area contributed by atoms with E-state index in [1.807, 2.05) is 0 Å². The molecule has 74 valence electrons. The molecule has 3 nitrogen and oxygen atoms in total. The minimum absolute atomic E-state index is 0.0756. The van der Waals surface area contributed by atoms with Gasteiger partial charge in [-0.2, -0.15) is 13.2 Å². The van der Waals surface area contributed by atoms with Crippen LogP contribution < -0.4 is 0 Å². The minimum Gasteiger partial charge on any atom is -0.274 e. The van der Waals surface area contributed by atoms with Crippen LogP contribution in [0.25, 0.3) is 0 Å². The topological polar surface area (TPSA) is 37.1 Å². The number of rotatable bonds is 0. The normalized spacial score (nSPS) is 25.4. The van der Waals surface area contributed by atoms with Crippen LogP contribution in [0.2, 0.25) is 0 Å². The van der Waals surface area contributed by atoms with Crippen LogP contribution in [0, 0.1) is 0 Å². The zero-order chi connectivity index (χ0) is 10.3. The highest BCUT2D eigenvalue weighted by Crippen LogP contribution is 2.26. The molecule has 0 saturated heterocycles. The van der Waals surface area contributed by atoms with E-state index < -0.39 is 17.9 Å². The first kappa shape index (κ1) is 9.57. The molecule has 2 heterocycles. The Hall–Kier alpha value is -0.980. The van der Waals surface area contributed by atoms with E-state index in [0.29, 0.717) is 4.48 Å². The van der Waals surface area contributed by atoms with E-state index in [4.69, 9.17) is 0 Å². The average Bonchev–Trinajstić information content (AvgIpc) is 2.46. The van der Waals surface area contributed by atoms with Crippen LogP contribution in [0.4, 0.5) is 13.2 Å². The van der Waals surface area contributed by atoms with Crippen LogP contribution in [0.15, 0.2) is 25.7 Å². The number of fused-ring (bicyclic) bond motifs is 1. The molecule has 1 unspecified atom stereocenters. The highest BCUT2D eigenvalue weighted by Gasteiger charge is 2.38. The van der Waals surface area contributed by atoms with Crippen molar-refractivity contribution in [3.8, 4) is 0 Å². The van der Waals surface area contributed by atoms with Crippen molar-refractivity contribution >= 4 is 33.7 Å². The summed E-state index contributed by atoms with van der Waals surface area (Å²) in [6.45, 7) is 0. The van der Waals surface area contributed by atoms with Crippen LogP contribution in [0.5, 0.6) is 0 Å². The standard InChI is InChI=1S/C7H3BrF3N3/c8-3-1-13-6-5(3)12-2-4(14-6)7(9,10)11/h1-2,5H. The number of aliphatic imine (C=N–C) groups is 3. The molecule has 0 aromatic carbocycles. The van der Waals surface area contributed by atoms with Crippen molar-refractivity contribution in [2.75, 3.05) is 0 Å². The van der Waals surface area contributed by atoms with Gasteiger partial charge in [-0.15, -0.1) is 0 Å². The third kappa shape index (κ3) is 1.52. The molecule has 2 rings (SSSR count). The Labute approximate surface area is 85.3 Å². The molecule has 1 atom stereocenters. The third-order valence-electron chi connectivity index (χ3n) is 1.70. The van der Waals surface area contributed by atoms with Gasteiger partial charge in [0.15, 0.2) is 11.5 Å². The molecule has 2 aliphatic heterocycles. The second-order valence-corrected chi connectivity index (χ2v) is 3.59. The van der Waals surface area contributed by atoms with Gasteiger partial charge in [-0.3, -0.25) is 4.99 Å². The Morgan fingerprint density at radius 1 is 1.36 bits per heavy atom. The number of hydrogen-bond acceptors (Lipinski definition) is 3. The molecular weight excluding hydrogens is 263 g/mol. The quantitative estimate of drug-likeness (QED) is 0.643. The number of nitrogens with zero attached hydrogens (tertiary/aromatic N) is 3. The molecule has 0 fully saturated rings. The maximum atomic E-state index is 12.2. The van der Waals surface area contributed by atoms with E-state index in [1.54, 1.807) is 0 Å². The Balaban J connectivity index is 2.31. The van der Waals surface area contributed by atoms with Gasteiger partial charge < -0.3 is 0 Å².